The van der Waals surface area contributed by atoms with Crippen molar-refractivity contribution in [3.8, 4) is 5.75 Å². The van der Waals surface area contributed by atoms with E-state index < -0.39 is 0 Å². The van der Waals surface area contributed by atoms with Gasteiger partial charge < -0.3 is 10.1 Å². The zero-order valence-electron chi connectivity index (χ0n) is 12.4. The van der Waals surface area contributed by atoms with Crippen LogP contribution in [0, 0.1) is 5.92 Å². The first-order valence-electron chi connectivity index (χ1n) is 7.03. The van der Waals surface area contributed by atoms with Crippen LogP contribution in [0.25, 0.3) is 0 Å². The summed E-state index contributed by atoms with van der Waals surface area (Å²) in [6.45, 7) is 11.9. The summed E-state index contributed by atoms with van der Waals surface area (Å²) >= 11 is 0. The van der Waals surface area contributed by atoms with Crippen molar-refractivity contribution in [2.24, 2.45) is 5.92 Å². The molecule has 0 aliphatic carbocycles. The van der Waals surface area contributed by atoms with Crippen molar-refractivity contribution >= 4 is 0 Å². The molecule has 0 aliphatic rings. The molecule has 18 heavy (non-hydrogen) atoms. The second kappa shape index (κ2) is 7.42. The lowest BCUT2D eigenvalue weighted by Gasteiger charge is -2.18. The van der Waals surface area contributed by atoms with Crippen LogP contribution in [0.1, 0.15) is 52.6 Å². The van der Waals surface area contributed by atoms with Gasteiger partial charge in [-0.05, 0) is 50.4 Å². The molecule has 2 unspecified atom stereocenters. The second-order valence-corrected chi connectivity index (χ2v) is 5.41. The van der Waals surface area contributed by atoms with E-state index in [2.05, 4.69) is 64.2 Å². The molecule has 0 amide bonds. The molecule has 1 N–H and O–H groups in total. The third-order valence-corrected chi connectivity index (χ3v) is 3.03. The van der Waals surface area contributed by atoms with Gasteiger partial charge in [0.25, 0.3) is 0 Å². The average molecular weight is 249 g/mol. The third-order valence-electron chi connectivity index (χ3n) is 3.03. The largest absolute Gasteiger partial charge is 0.491 e. The summed E-state index contributed by atoms with van der Waals surface area (Å²) in [6, 6.07) is 8.83. The fourth-order valence-electron chi connectivity index (χ4n) is 2.20. The Kier molecular flexibility index (Phi) is 6.20. The molecule has 102 valence electrons. The quantitative estimate of drug-likeness (QED) is 0.783. The SMILES string of the molecule is CCNC(C)c1ccc(OC(C)CC(C)C)cc1. The van der Waals surface area contributed by atoms with Gasteiger partial charge in [-0.25, -0.2) is 0 Å². The normalized spacial score (nSPS) is 14.6. The first-order valence-corrected chi connectivity index (χ1v) is 7.03. The zero-order chi connectivity index (χ0) is 13.5. The highest BCUT2D eigenvalue weighted by Crippen LogP contribution is 2.19. The van der Waals surface area contributed by atoms with E-state index in [1.807, 2.05) is 0 Å². The molecule has 0 aliphatic heterocycles. The standard InChI is InChI=1S/C16H27NO/c1-6-17-14(5)15-7-9-16(10-8-15)18-13(4)11-12(2)3/h7-10,12-14,17H,6,11H2,1-5H3. The summed E-state index contributed by atoms with van der Waals surface area (Å²) in [6.07, 6.45) is 1.37. The highest BCUT2D eigenvalue weighted by atomic mass is 16.5. The van der Waals surface area contributed by atoms with Crippen LogP contribution in [0.3, 0.4) is 0 Å². The van der Waals surface area contributed by atoms with E-state index in [0.717, 1.165) is 18.7 Å². The van der Waals surface area contributed by atoms with Crippen LogP contribution in [-0.4, -0.2) is 12.6 Å². The molecule has 0 bridgehead atoms. The molecular formula is C16H27NO. The molecule has 1 rings (SSSR count). The van der Waals surface area contributed by atoms with Crippen LogP contribution in [-0.2, 0) is 0 Å². The summed E-state index contributed by atoms with van der Waals surface area (Å²) in [5.74, 6) is 1.64. The van der Waals surface area contributed by atoms with Crippen molar-refractivity contribution in [3.63, 3.8) is 0 Å². The minimum absolute atomic E-state index is 0.280. The van der Waals surface area contributed by atoms with Gasteiger partial charge in [-0.15, -0.1) is 0 Å². The first-order chi connectivity index (χ1) is 8.52. The van der Waals surface area contributed by atoms with Crippen molar-refractivity contribution in [1.82, 2.24) is 5.32 Å². The molecule has 1 aromatic carbocycles. The fraction of sp³-hybridized carbons (Fsp3) is 0.625. The summed E-state index contributed by atoms with van der Waals surface area (Å²) in [7, 11) is 0. The Balaban J connectivity index is 2.54. The zero-order valence-corrected chi connectivity index (χ0v) is 12.4. The Morgan fingerprint density at radius 2 is 1.67 bits per heavy atom. The maximum atomic E-state index is 5.90. The van der Waals surface area contributed by atoms with Crippen LogP contribution < -0.4 is 10.1 Å². The van der Waals surface area contributed by atoms with Crippen molar-refractivity contribution in [2.45, 2.75) is 53.2 Å². The molecule has 0 aromatic heterocycles. The van der Waals surface area contributed by atoms with Gasteiger partial charge in [-0.3, -0.25) is 0 Å². The van der Waals surface area contributed by atoms with E-state index in [4.69, 9.17) is 4.74 Å². The molecule has 0 fully saturated rings. The van der Waals surface area contributed by atoms with E-state index >= 15 is 0 Å². The molecule has 0 radical (unpaired) electrons. The molecular weight excluding hydrogens is 222 g/mol. The molecule has 0 spiro atoms. The van der Waals surface area contributed by atoms with E-state index in [0.29, 0.717) is 12.0 Å². The minimum atomic E-state index is 0.280. The summed E-state index contributed by atoms with van der Waals surface area (Å²) in [5, 5.41) is 3.41. The Morgan fingerprint density at radius 3 is 2.17 bits per heavy atom. The molecule has 1 aromatic rings. The van der Waals surface area contributed by atoms with Gasteiger partial charge in [0.05, 0.1) is 6.10 Å². The maximum Gasteiger partial charge on any atom is 0.119 e. The van der Waals surface area contributed by atoms with Crippen LogP contribution in [0.2, 0.25) is 0 Å². The number of nitrogens with one attached hydrogen (secondary N) is 1. The molecule has 0 saturated heterocycles. The van der Waals surface area contributed by atoms with Gasteiger partial charge in [-0.2, -0.15) is 0 Å². The Labute approximate surface area is 112 Å². The lowest BCUT2D eigenvalue weighted by molar-refractivity contribution is 0.193. The summed E-state index contributed by atoms with van der Waals surface area (Å²) in [5.41, 5.74) is 1.31. The molecule has 0 heterocycles. The van der Waals surface area contributed by atoms with Gasteiger partial charge in [0.15, 0.2) is 0 Å². The number of rotatable bonds is 7. The predicted molar refractivity (Wildman–Crippen MR) is 78.1 cm³/mol. The van der Waals surface area contributed by atoms with Crippen molar-refractivity contribution in [2.75, 3.05) is 6.54 Å². The van der Waals surface area contributed by atoms with Gasteiger partial charge >= 0.3 is 0 Å². The molecule has 0 saturated carbocycles. The molecule has 2 atom stereocenters. The first kappa shape index (κ1) is 15.0. The lowest BCUT2D eigenvalue weighted by Crippen LogP contribution is -2.17. The fourth-order valence-corrected chi connectivity index (χ4v) is 2.20. The molecule has 2 heteroatoms. The van der Waals surface area contributed by atoms with Gasteiger partial charge in [0.1, 0.15) is 5.75 Å². The average Bonchev–Trinajstić information content (AvgIpc) is 2.29. The van der Waals surface area contributed by atoms with Crippen LogP contribution in [0.15, 0.2) is 24.3 Å². The highest BCUT2D eigenvalue weighted by Gasteiger charge is 2.08. The molecule has 2 nitrogen and oxygen atoms in total. The Bertz CT molecular complexity index is 331. The second-order valence-electron chi connectivity index (χ2n) is 5.41. The smallest absolute Gasteiger partial charge is 0.119 e. The predicted octanol–water partition coefficient (Wildman–Crippen LogP) is 4.17. The maximum absolute atomic E-state index is 5.90. The number of hydrogen-bond donors (Lipinski definition) is 1. The minimum Gasteiger partial charge on any atom is -0.491 e. The summed E-state index contributed by atoms with van der Waals surface area (Å²) in [4.78, 5) is 0. The van der Waals surface area contributed by atoms with Crippen molar-refractivity contribution in [1.29, 1.82) is 0 Å². The van der Waals surface area contributed by atoms with Crippen LogP contribution >= 0.6 is 0 Å². The summed E-state index contributed by atoms with van der Waals surface area (Å²) < 4.78 is 5.90. The lowest BCUT2D eigenvalue weighted by atomic mass is 10.1. The van der Waals surface area contributed by atoms with Crippen molar-refractivity contribution < 1.29 is 4.74 Å². The van der Waals surface area contributed by atoms with E-state index in [-0.39, 0.29) is 6.10 Å². The van der Waals surface area contributed by atoms with Gasteiger partial charge in [0.2, 0.25) is 0 Å². The van der Waals surface area contributed by atoms with Gasteiger partial charge in [-0.1, -0.05) is 32.9 Å². The van der Waals surface area contributed by atoms with E-state index in [1.165, 1.54) is 5.56 Å². The third kappa shape index (κ3) is 5.09. The van der Waals surface area contributed by atoms with Crippen LogP contribution in [0.4, 0.5) is 0 Å². The van der Waals surface area contributed by atoms with Crippen LogP contribution in [0.5, 0.6) is 5.75 Å². The Hall–Kier alpha value is -1.02. The van der Waals surface area contributed by atoms with E-state index in [9.17, 15) is 0 Å². The van der Waals surface area contributed by atoms with Crippen molar-refractivity contribution in [3.05, 3.63) is 29.8 Å². The van der Waals surface area contributed by atoms with E-state index in [1.54, 1.807) is 0 Å². The van der Waals surface area contributed by atoms with Gasteiger partial charge in [0, 0.05) is 6.04 Å². The Morgan fingerprint density at radius 1 is 1.06 bits per heavy atom. The number of benzene rings is 1. The highest BCUT2D eigenvalue weighted by molar-refractivity contribution is 5.29. The number of hydrogen-bond acceptors (Lipinski definition) is 2. The topological polar surface area (TPSA) is 21.3 Å². The monoisotopic (exact) mass is 249 g/mol. The number of ether oxygens (including phenoxy) is 1.